The Balaban J connectivity index is 2.20. The predicted octanol–water partition coefficient (Wildman–Crippen LogP) is 4.41. The molecule has 0 radical (unpaired) electrons. The first-order valence-electron chi connectivity index (χ1n) is 8.76. The van der Waals surface area contributed by atoms with Crippen molar-refractivity contribution < 1.29 is 26.7 Å². The highest BCUT2D eigenvalue weighted by molar-refractivity contribution is 7.92. The van der Waals surface area contributed by atoms with E-state index >= 15 is 0 Å². The minimum atomic E-state index is -4.83. The largest absolute Gasteiger partial charge is 0.433 e. The Labute approximate surface area is 176 Å². The van der Waals surface area contributed by atoms with Gasteiger partial charge in [0.05, 0.1) is 10.5 Å². The van der Waals surface area contributed by atoms with Crippen molar-refractivity contribution in [3.05, 3.63) is 65.3 Å². The lowest BCUT2D eigenvalue weighted by atomic mass is 10.1. The van der Waals surface area contributed by atoms with E-state index in [2.05, 4.69) is 9.82 Å². The van der Waals surface area contributed by atoms with Gasteiger partial charge in [-0.15, -0.1) is 0 Å². The maximum absolute atomic E-state index is 13.9. The molecule has 0 aliphatic rings. The number of nitrogens with zero attached hydrogens (tertiary/aromatic N) is 2. The Bertz CT molecular complexity index is 1120. The van der Waals surface area contributed by atoms with Gasteiger partial charge in [-0.25, -0.2) is 8.42 Å². The van der Waals surface area contributed by atoms with Crippen LogP contribution in [0, 0.1) is 0 Å². The van der Waals surface area contributed by atoms with E-state index in [1.54, 1.807) is 6.07 Å². The van der Waals surface area contributed by atoms with E-state index in [1.165, 1.54) is 48.5 Å². The third kappa shape index (κ3) is 4.77. The molecule has 0 spiro atoms. The maximum Gasteiger partial charge on any atom is 0.433 e. The summed E-state index contributed by atoms with van der Waals surface area (Å²) in [6.07, 6.45) is -4.82. The number of halogens is 4. The highest BCUT2D eigenvalue weighted by atomic mass is 35.5. The first-order valence-corrected chi connectivity index (χ1v) is 10.6. The molecule has 6 nitrogen and oxygen atoms in total. The first kappa shape index (κ1) is 22.1. The molecule has 0 saturated carbocycles. The van der Waals surface area contributed by atoms with Crippen molar-refractivity contribution in [1.29, 1.82) is 0 Å². The second-order valence-corrected chi connectivity index (χ2v) is 8.41. The van der Waals surface area contributed by atoms with E-state index in [0.717, 1.165) is 0 Å². The fraction of sp³-hybridized carbons (Fsp3) is 0.211. The zero-order chi connectivity index (χ0) is 21.9. The number of hydrogen-bond donors (Lipinski definition) is 2. The van der Waals surface area contributed by atoms with E-state index in [9.17, 15) is 21.6 Å². The van der Waals surface area contributed by atoms with Gasteiger partial charge in [0.1, 0.15) is 0 Å². The Hall–Kier alpha value is -2.56. The van der Waals surface area contributed by atoms with Gasteiger partial charge in [0.2, 0.25) is 0 Å². The molecule has 3 rings (SSSR count). The summed E-state index contributed by atoms with van der Waals surface area (Å²) in [5.74, 6) is -0.466. The van der Waals surface area contributed by atoms with Crippen LogP contribution in [-0.4, -0.2) is 29.9 Å². The molecule has 0 aliphatic heterocycles. The third-order valence-corrected chi connectivity index (χ3v) is 5.77. The lowest BCUT2D eigenvalue weighted by Gasteiger charge is -2.13. The summed E-state index contributed by atoms with van der Waals surface area (Å²) in [4.78, 5) is -0.120. The standard InChI is InChI=1S/C19H17ClF3N3O3S/c20-14-9-7-13(8-10-14)16-17(19(21,22)23)26(11-4-12-27)24-18(16)25-30(28,29)15-5-2-1-3-6-15/h1-3,5-10,27H,4,11-12H2,(H,24,25). The number of benzene rings is 2. The minimum absolute atomic E-state index is 0.00962. The topological polar surface area (TPSA) is 84.2 Å². The number of alkyl halides is 3. The summed E-state index contributed by atoms with van der Waals surface area (Å²) in [7, 11) is -4.19. The van der Waals surface area contributed by atoms with E-state index < -0.39 is 33.3 Å². The van der Waals surface area contributed by atoms with Crippen LogP contribution in [0.2, 0.25) is 5.02 Å². The average Bonchev–Trinajstić information content (AvgIpc) is 3.05. The molecule has 0 aliphatic carbocycles. The molecule has 30 heavy (non-hydrogen) atoms. The van der Waals surface area contributed by atoms with E-state index in [4.69, 9.17) is 16.7 Å². The SMILES string of the molecule is O=S(=O)(Nc1nn(CCCO)c(C(F)(F)F)c1-c1ccc(Cl)cc1)c1ccccc1. The molecule has 0 bridgehead atoms. The van der Waals surface area contributed by atoms with Crippen LogP contribution in [0.25, 0.3) is 11.1 Å². The molecule has 1 aromatic heterocycles. The average molecular weight is 460 g/mol. The number of rotatable bonds is 7. The summed E-state index contributed by atoms with van der Waals surface area (Å²) in [5, 5.41) is 13.2. The molecule has 1 heterocycles. The van der Waals surface area contributed by atoms with Crippen LogP contribution in [0.1, 0.15) is 12.1 Å². The molecule has 160 valence electrons. The van der Waals surface area contributed by atoms with Crippen LogP contribution in [0.3, 0.4) is 0 Å². The fourth-order valence-electron chi connectivity index (χ4n) is 2.88. The van der Waals surface area contributed by atoms with E-state index in [1.807, 2.05) is 0 Å². The summed E-state index contributed by atoms with van der Waals surface area (Å²) >= 11 is 5.85. The molecule has 2 N–H and O–H groups in total. The molecule has 0 unspecified atom stereocenters. The van der Waals surface area contributed by atoms with Gasteiger partial charge >= 0.3 is 6.18 Å². The second-order valence-electron chi connectivity index (χ2n) is 6.30. The maximum atomic E-state index is 13.9. The van der Waals surface area contributed by atoms with Gasteiger partial charge in [-0.3, -0.25) is 9.40 Å². The van der Waals surface area contributed by atoms with E-state index in [0.29, 0.717) is 9.70 Å². The molecule has 2 aromatic carbocycles. The zero-order valence-electron chi connectivity index (χ0n) is 15.4. The van der Waals surface area contributed by atoms with Crippen molar-refractivity contribution in [3.8, 4) is 11.1 Å². The van der Waals surface area contributed by atoms with Gasteiger partial charge in [0, 0.05) is 18.2 Å². The summed E-state index contributed by atoms with van der Waals surface area (Å²) in [6.45, 7) is -0.600. The quantitative estimate of drug-likeness (QED) is 0.548. The lowest BCUT2D eigenvalue weighted by molar-refractivity contribution is -0.143. The first-order chi connectivity index (χ1) is 14.1. The molecular formula is C19H17ClF3N3O3S. The molecule has 0 fully saturated rings. The smallest absolute Gasteiger partial charge is 0.396 e. The molecule has 0 atom stereocenters. The third-order valence-electron chi connectivity index (χ3n) is 4.17. The number of aliphatic hydroxyl groups is 1. The molecule has 0 amide bonds. The number of hydrogen-bond acceptors (Lipinski definition) is 4. The molecule has 0 saturated heterocycles. The van der Waals surface area contributed by atoms with Gasteiger partial charge in [0.25, 0.3) is 10.0 Å². The van der Waals surface area contributed by atoms with E-state index in [-0.39, 0.29) is 30.0 Å². The number of aromatic nitrogens is 2. The van der Waals surface area contributed by atoms with Crippen LogP contribution in [-0.2, 0) is 22.7 Å². The monoisotopic (exact) mass is 459 g/mol. The van der Waals surface area contributed by atoms with Crippen molar-refractivity contribution in [2.24, 2.45) is 0 Å². The van der Waals surface area contributed by atoms with Crippen LogP contribution in [0.5, 0.6) is 0 Å². The van der Waals surface area contributed by atoms with Crippen molar-refractivity contribution in [2.75, 3.05) is 11.3 Å². The number of anilines is 1. The van der Waals surface area contributed by atoms with Crippen LogP contribution in [0.15, 0.2) is 59.5 Å². The summed E-state index contributed by atoms with van der Waals surface area (Å²) < 4.78 is 70.1. The normalized spacial score (nSPS) is 12.2. The fourth-order valence-corrected chi connectivity index (χ4v) is 4.04. The van der Waals surface area contributed by atoms with Gasteiger partial charge in [-0.1, -0.05) is 41.9 Å². The minimum Gasteiger partial charge on any atom is -0.396 e. The Morgan fingerprint density at radius 2 is 1.70 bits per heavy atom. The number of aryl methyl sites for hydroxylation is 1. The van der Waals surface area contributed by atoms with Gasteiger partial charge in [-0.05, 0) is 36.2 Å². The zero-order valence-corrected chi connectivity index (χ0v) is 17.0. The van der Waals surface area contributed by atoms with Crippen LogP contribution < -0.4 is 4.72 Å². The number of sulfonamides is 1. The number of aliphatic hydroxyl groups excluding tert-OH is 1. The Morgan fingerprint density at radius 3 is 2.27 bits per heavy atom. The molecular weight excluding hydrogens is 443 g/mol. The van der Waals surface area contributed by atoms with Gasteiger partial charge in [-0.2, -0.15) is 18.3 Å². The Kier molecular flexibility index (Phi) is 6.39. The second kappa shape index (κ2) is 8.66. The lowest BCUT2D eigenvalue weighted by Crippen LogP contribution is -2.16. The van der Waals surface area contributed by atoms with Crippen LogP contribution in [0.4, 0.5) is 19.0 Å². The Morgan fingerprint density at radius 1 is 1.07 bits per heavy atom. The summed E-state index contributed by atoms with van der Waals surface area (Å²) in [5.41, 5.74) is -1.45. The molecule has 11 heteroatoms. The van der Waals surface area contributed by atoms with Crippen molar-refractivity contribution in [1.82, 2.24) is 9.78 Å². The van der Waals surface area contributed by atoms with Crippen LogP contribution >= 0.6 is 11.6 Å². The summed E-state index contributed by atoms with van der Waals surface area (Å²) in [6, 6.07) is 12.7. The highest BCUT2D eigenvalue weighted by Crippen LogP contribution is 2.42. The predicted molar refractivity (Wildman–Crippen MR) is 107 cm³/mol. The molecule has 3 aromatic rings. The van der Waals surface area contributed by atoms with Gasteiger partial charge < -0.3 is 5.11 Å². The number of nitrogens with one attached hydrogen (secondary N) is 1. The van der Waals surface area contributed by atoms with Crippen molar-refractivity contribution in [3.63, 3.8) is 0 Å². The van der Waals surface area contributed by atoms with Crippen molar-refractivity contribution >= 4 is 27.4 Å². The highest BCUT2D eigenvalue weighted by Gasteiger charge is 2.41. The van der Waals surface area contributed by atoms with Gasteiger partial charge in [0.15, 0.2) is 11.5 Å². The van der Waals surface area contributed by atoms with Crippen molar-refractivity contribution in [2.45, 2.75) is 24.0 Å².